The normalized spacial score (nSPS) is 17.1. The molecule has 1 aliphatic rings. The maximum absolute atomic E-state index is 14.3. The molecule has 3 rings (SSSR count). The van der Waals surface area contributed by atoms with Crippen LogP contribution in [0.1, 0.15) is 29.3 Å². The Balaban J connectivity index is 2.02. The molecule has 0 N–H and O–H groups in total. The molecule has 1 fully saturated rings. The number of alkyl halides is 6. The van der Waals surface area contributed by atoms with E-state index in [4.69, 9.17) is 4.74 Å². The van der Waals surface area contributed by atoms with Gasteiger partial charge in [0, 0.05) is 26.7 Å². The van der Waals surface area contributed by atoms with Crippen LogP contribution in [0, 0.1) is 5.82 Å². The maximum Gasteiger partial charge on any atom is 0.417 e. The third-order valence-corrected chi connectivity index (χ3v) is 8.12. The molecule has 39 heavy (non-hydrogen) atoms. The molecular formula is C24H26F7N3O4S. The van der Waals surface area contributed by atoms with E-state index in [2.05, 4.69) is 0 Å². The zero-order valence-corrected chi connectivity index (χ0v) is 21.9. The fourth-order valence-corrected chi connectivity index (χ4v) is 5.60. The van der Waals surface area contributed by atoms with Crippen molar-refractivity contribution in [2.75, 3.05) is 45.2 Å². The molecule has 0 bridgehead atoms. The number of carbonyl (C=O) groups is 1. The topological polar surface area (TPSA) is 70.2 Å². The number of hydrogen-bond acceptors (Lipinski definition) is 5. The van der Waals surface area contributed by atoms with Gasteiger partial charge in [0.2, 0.25) is 10.0 Å². The number of halogens is 7. The summed E-state index contributed by atoms with van der Waals surface area (Å²) in [6, 6.07) is 2.34. The molecule has 2 aromatic carbocycles. The lowest BCUT2D eigenvalue weighted by atomic mass is 10.0. The van der Waals surface area contributed by atoms with Gasteiger partial charge in [-0.25, -0.2) is 17.1 Å². The van der Waals surface area contributed by atoms with Gasteiger partial charge >= 0.3 is 12.4 Å². The van der Waals surface area contributed by atoms with Crippen LogP contribution in [0.4, 0.5) is 36.4 Å². The first-order valence-electron chi connectivity index (χ1n) is 11.7. The van der Waals surface area contributed by atoms with Crippen molar-refractivity contribution in [3.8, 4) is 5.75 Å². The highest BCUT2D eigenvalue weighted by molar-refractivity contribution is 7.89. The smallest absolute Gasteiger partial charge is 0.417 e. The average Bonchev–Trinajstić information content (AvgIpc) is 2.86. The number of amides is 1. The van der Waals surface area contributed by atoms with Gasteiger partial charge in [0.1, 0.15) is 17.6 Å². The monoisotopic (exact) mass is 585 g/mol. The summed E-state index contributed by atoms with van der Waals surface area (Å²) in [5.74, 6) is -2.68. The molecule has 2 aromatic rings. The molecule has 1 saturated heterocycles. The van der Waals surface area contributed by atoms with Gasteiger partial charge in [-0.3, -0.25) is 4.79 Å². The summed E-state index contributed by atoms with van der Waals surface area (Å²) in [5.41, 5.74) is -2.80. The van der Waals surface area contributed by atoms with E-state index < -0.39 is 70.9 Å². The number of piperazine rings is 1. The second-order valence-corrected chi connectivity index (χ2v) is 10.9. The number of sulfonamides is 1. The standard InChI is InChI=1S/C24H26F7N3O4S/c1-4-9-32(2)39(36,37)16-6-8-20(38-3)19(13-16)34-11-10-33(14-21(34)24(29,30)31)22(35)17-7-5-15(25)12-18(17)23(26,27)28/h5-8,12-13,21H,4,9-11,14H2,1-3H3. The van der Waals surface area contributed by atoms with E-state index in [-0.39, 0.29) is 28.9 Å². The van der Waals surface area contributed by atoms with Crippen LogP contribution in [0.15, 0.2) is 41.3 Å². The molecule has 15 heteroatoms. The molecule has 0 saturated carbocycles. The van der Waals surface area contributed by atoms with Crippen molar-refractivity contribution in [1.82, 2.24) is 9.21 Å². The van der Waals surface area contributed by atoms with Crippen LogP contribution in [0.2, 0.25) is 0 Å². The molecule has 1 aliphatic heterocycles. The first-order chi connectivity index (χ1) is 18.0. The van der Waals surface area contributed by atoms with Crippen LogP contribution in [0.3, 0.4) is 0 Å². The van der Waals surface area contributed by atoms with Crippen LogP contribution in [-0.2, 0) is 16.2 Å². The minimum absolute atomic E-state index is 0.0704. The second-order valence-electron chi connectivity index (χ2n) is 8.85. The van der Waals surface area contributed by atoms with E-state index in [1.807, 2.05) is 0 Å². The minimum Gasteiger partial charge on any atom is -0.495 e. The van der Waals surface area contributed by atoms with Crippen LogP contribution >= 0.6 is 0 Å². The zero-order chi connectivity index (χ0) is 29.3. The zero-order valence-electron chi connectivity index (χ0n) is 21.1. The third-order valence-electron chi connectivity index (χ3n) is 6.27. The van der Waals surface area contributed by atoms with Gasteiger partial charge in [-0.05, 0) is 42.8 Å². The number of methoxy groups -OCH3 is 1. The second kappa shape index (κ2) is 11.2. The van der Waals surface area contributed by atoms with Crippen molar-refractivity contribution < 1.29 is 48.7 Å². The van der Waals surface area contributed by atoms with E-state index >= 15 is 0 Å². The molecular weight excluding hydrogens is 559 g/mol. The molecule has 1 atom stereocenters. The largest absolute Gasteiger partial charge is 0.495 e. The predicted octanol–water partition coefficient (Wildman–Crippen LogP) is 4.78. The van der Waals surface area contributed by atoms with Gasteiger partial charge in [0.05, 0.1) is 35.4 Å². The van der Waals surface area contributed by atoms with E-state index in [1.54, 1.807) is 6.92 Å². The van der Waals surface area contributed by atoms with Gasteiger partial charge in [0.25, 0.3) is 5.91 Å². The van der Waals surface area contributed by atoms with E-state index in [9.17, 15) is 43.9 Å². The highest BCUT2D eigenvalue weighted by atomic mass is 32.2. The van der Waals surface area contributed by atoms with Crippen molar-refractivity contribution in [3.05, 3.63) is 53.3 Å². The van der Waals surface area contributed by atoms with Crippen molar-refractivity contribution >= 4 is 21.6 Å². The molecule has 1 unspecified atom stereocenters. The summed E-state index contributed by atoms with van der Waals surface area (Å²) >= 11 is 0. The molecule has 1 heterocycles. The van der Waals surface area contributed by atoms with Crippen molar-refractivity contribution in [2.45, 2.75) is 36.6 Å². The summed E-state index contributed by atoms with van der Waals surface area (Å²) < 4.78 is 129. The number of ether oxygens (including phenoxy) is 1. The van der Waals surface area contributed by atoms with Gasteiger partial charge in [-0.2, -0.15) is 26.3 Å². The quantitative estimate of drug-likeness (QED) is 0.438. The minimum atomic E-state index is -5.12. The predicted molar refractivity (Wildman–Crippen MR) is 128 cm³/mol. The molecule has 0 radical (unpaired) electrons. The van der Waals surface area contributed by atoms with Crippen LogP contribution in [0.25, 0.3) is 0 Å². The molecule has 7 nitrogen and oxygen atoms in total. The Morgan fingerprint density at radius 1 is 1.08 bits per heavy atom. The lowest BCUT2D eigenvalue weighted by Gasteiger charge is -2.43. The summed E-state index contributed by atoms with van der Waals surface area (Å²) in [7, 11) is -1.54. The number of rotatable bonds is 7. The fourth-order valence-electron chi connectivity index (χ4n) is 4.31. The number of anilines is 1. The van der Waals surface area contributed by atoms with Gasteiger partial charge < -0.3 is 14.5 Å². The van der Waals surface area contributed by atoms with Gasteiger partial charge in [-0.1, -0.05) is 6.92 Å². The Hall–Kier alpha value is -3.07. The molecule has 0 aliphatic carbocycles. The van der Waals surface area contributed by atoms with Crippen LogP contribution < -0.4 is 9.64 Å². The summed E-state index contributed by atoms with van der Waals surface area (Å²) in [4.78, 5) is 14.1. The maximum atomic E-state index is 14.3. The first-order valence-corrected chi connectivity index (χ1v) is 13.1. The van der Waals surface area contributed by atoms with Crippen molar-refractivity contribution in [3.63, 3.8) is 0 Å². The van der Waals surface area contributed by atoms with E-state index in [1.165, 1.54) is 26.3 Å². The number of carbonyl (C=O) groups excluding carboxylic acids is 1. The van der Waals surface area contributed by atoms with Gasteiger partial charge in [0.15, 0.2) is 0 Å². The molecule has 0 spiro atoms. The van der Waals surface area contributed by atoms with Crippen LogP contribution in [-0.4, -0.2) is 76.1 Å². The molecule has 216 valence electrons. The Kier molecular flexibility index (Phi) is 8.75. The SMILES string of the molecule is CCCN(C)S(=O)(=O)c1ccc(OC)c(N2CCN(C(=O)c3ccc(F)cc3C(F)(F)F)CC2C(F)(F)F)c1. The lowest BCUT2D eigenvalue weighted by molar-refractivity contribution is -0.155. The van der Waals surface area contributed by atoms with E-state index in [0.29, 0.717) is 23.5 Å². The highest BCUT2D eigenvalue weighted by Crippen LogP contribution is 2.39. The number of benzene rings is 2. The Bertz CT molecular complexity index is 1320. The Morgan fingerprint density at radius 2 is 1.74 bits per heavy atom. The first kappa shape index (κ1) is 30.5. The summed E-state index contributed by atoms with van der Waals surface area (Å²) in [5, 5.41) is 0. The Morgan fingerprint density at radius 3 is 2.31 bits per heavy atom. The highest BCUT2D eigenvalue weighted by Gasteiger charge is 2.49. The average molecular weight is 586 g/mol. The Labute approximate surface area is 220 Å². The van der Waals surface area contributed by atoms with Crippen molar-refractivity contribution in [2.24, 2.45) is 0 Å². The van der Waals surface area contributed by atoms with E-state index in [0.717, 1.165) is 15.3 Å². The lowest BCUT2D eigenvalue weighted by Crippen LogP contribution is -2.60. The number of hydrogen-bond donors (Lipinski definition) is 0. The third kappa shape index (κ3) is 6.40. The number of nitrogens with zero attached hydrogens (tertiary/aromatic N) is 3. The van der Waals surface area contributed by atoms with Gasteiger partial charge in [-0.15, -0.1) is 0 Å². The van der Waals surface area contributed by atoms with Crippen LogP contribution in [0.5, 0.6) is 5.75 Å². The van der Waals surface area contributed by atoms with Crippen molar-refractivity contribution in [1.29, 1.82) is 0 Å². The summed E-state index contributed by atoms with van der Waals surface area (Å²) in [6.45, 7) is -0.0886. The molecule has 0 aromatic heterocycles. The molecule has 1 amide bonds. The fraction of sp³-hybridized carbons (Fsp3) is 0.458. The summed E-state index contributed by atoms with van der Waals surface area (Å²) in [6.07, 6.45) is -9.61.